The van der Waals surface area contributed by atoms with Crippen LogP contribution in [0.25, 0.3) is 0 Å². The average Bonchev–Trinajstić information content (AvgIpc) is 2.71. The second-order valence-corrected chi connectivity index (χ2v) is 9.79. The molecule has 0 bridgehead atoms. The third-order valence-electron chi connectivity index (χ3n) is 5.01. The number of pyridine rings is 1. The molecule has 1 atom stereocenters. The Balaban J connectivity index is 1.77. The number of hydrogen-bond donors (Lipinski definition) is 1. The minimum Gasteiger partial charge on any atom is -0.474 e. The molecule has 1 saturated heterocycles. The van der Waals surface area contributed by atoms with E-state index < -0.39 is 11.7 Å². The molecule has 0 radical (unpaired) electrons. The Morgan fingerprint density at radius 2 is 1.94 bits per heavy atom. The molecule has 1 amide bonds. The van der Waals surface area contributed by atoms with Gasteiger partial charge in [0, 0.05) is 24.6 Å². The lowest BCUT2D eigenvalue weighted by molar-refractivity contribution is 0.0234. The van der Waals surface area contributed by atoms with Crippen molar-refractivity contribution >= 4 is 29.3 Å². The van der Waals surface area contributed by atoms with Crippen LogP contribution in [0.3, 0.4) is 0 Å². The molecule has 2 aromatic rings. The zero-order valence-corrected chi connectivity index (χ0v) is 20.4. The Morgan fingerprint density at radius 3 is 2.56 bits per heavy atom. The predicted molar refractivity (Wildman–Crippen MR) is 126 cm³/mol. The Hall–Kier alpha value is -2.02. The maximum Gasteiger partial charge on any atom is 0.408 e. The second kappa shape index (κ2) is 10.7. The highest BCUT2D eigenvalue weighted by atomic mass is 35.5. The van der Waals surface area contributed by atoms with Crippen molar-refractivity contribution in [2.45, 2.75) is 64.7 Å². The lowest BCUT2D eigenvalue weighted by atomic mass is 9.99. The van der Waals surface area contributed by atoms with Crippen molar-refractivity contribution in [3.05, 3.63) is 57.2 Å². The van der Waals surface area contributed by atoms with E-state index in [1.165, 1.54) is 0 Å². The van der Waals surface area contributed by atoms with Crippen LogP contribution in [0.15, 0.2) is 30.5 Å². The van der Waals surface area contributed by atoms with Gasteiger partial charge in [-0.3, -0.25) is 0 Å². The molecule has 6 nitrogen and oxygen atoms in total. The molecule has 1 fully saturated rings. The highest BCUT2D eigenvalue weighted by molar-refractivity contribution is 6.42. The summed E-state index contributed by atoms with van der Waals surface area (Å²) in [5, 5.41) is 3.83. The van der Waals surface area contributed by atoms with Gasteiger partial charge in [-0.1, -0.05) is 29.3 Å². The number of nitrogens with zero attached hydrogens (tertiary/aromatic N) is 1. The van der Waals surface area contributed by atoms with Crippen LogP contribution in [-0.4, -0.2) is 36.0 Å². The lowest BCUT2D eigenvalue weighted by Gasteiger charge is -2.25. The number of alkyl carbamates (subject to hydrolysis) is 1. The van der Waals surface area contributed by atoms with Gasteiger partial charge in [-0.05, 0) is 63.4 Å². The van der Waals surface area contributed by atoms with E-state index in [0.29, 0.717) is 35.6 Å². The summed E-state index contributed by atoms with van der Waals surface area (Å²) in [6, 6.07) is 6.98. The second-order valence-electron chi connectivity index (χ2n) is 8.97. The van der Waals surface area contributed by atoms with Gasteiger partial charge in [-0.25, -0.2) is 9.78 Å². The molecular weight excluding hydrogens is 451 g/mol. The van der Waals surface area contributed by atoms with Crippen LogP contribution in [0.1, 0.15) is 56.3 Å². The van der Waals surface area contributed by atoms with E-state index in [9.17, 15) is 4.79 Å². The van der Waals surface area contributed by atoms with Crippen LogP contribution in [0, 0.1) is 6.92 Å². The van der Waals surface area contributed by atoms with Crippen molar-refractivity contribution in [3.63, 3.8) is 0 Å². The quantitative estimate of drug-likeness (QED) is 0.543. The largest absolute Gasteiger partial charge is 0.474 e. The molecule has 32 heavy (non-hydrogen) atoms. The molecule has 2 heterocycles. The van der Waals surface area contributed by atoms with E-state index in [1.54, 1.807) is 18.3 Å². The van der Waals surface area contributed by atoms with Gasteiger partial charge in [0.2, 0.25) is 5.88 Å². The molecular formula is C24H30Cl2N2O4. The number of rotatable bonds is 6. The molecule has 0 spiro atoms. The molecule has 3 rings (SSSR count). The summed E-state index contributed by atoms with van der Waals surface area (Å²) in [7, 11) is 0. The lowest BCUT2D eigenvalue weighted by Crippen LogP contribution is -2.35. The fourth-order valence-electron chi connectivity index (χ4n) is 3.47. The van der Waals surface area contributed by atoms with Crippen LogP contribution in [0.4, 0.5) is 4.79 Å². The smallest absolute Gasteiger partial charge is 0.408 e. The maximum absolute atomic E-state index is 12.5. The van der Waals surface area contributed by atoms with Gasteiger partial charge in [-0.15, -0.1) is 0 Å². The average molecular weight is 481 g/mol. The number of halogens is 2. The van der Waals surface area contributed by atoms with Crippen LogP contribution in [-0.2, 0) is 15.9 Å². The molecule has 8 heteroatoms. The number of amides is 1. The summed E-state index contributed by atoms with van der Waals surface area (Å²) >= 11 is 12.3. The SMILES string of the molecule is Cc1cc(CC(NC(=O)OC(C)(C)C)c2ccc(Cl)c(Cl)c2)cnc1OC1CCOCC1. The normalized spacial score (nSPS) is 15.8. The van der Waals surface area contributed by atoms with Crippen LogP contribution < -0.4 is 10.1 Å². The fraction of sp³-hybridized carbons (Fsp3) is 0.500. The summed E-state index contributed by atoms with van der Waals surface area (Å²) < 4.78 is 16.9. The number of ether oxygens (including phenoxy) is 3. The molecule has 0 aliphatic carbocycles. The maximum atomic E-state index is 12.5. The van der Waals surface area contributed by atoms with Gasteiger partial charge in [0.15, 0.2) is 0 Å². The number of aryl methyl sites for hydroxylation is 1. The van der Waals surface area contributed by atoms with Gasteiger partial charge in [0.1, 0.15) is 11.7 Å². The first-order valence-corrected chi connectivity index (χ1v) is 11.5. The first-order chi connectivity index (χ1) is 15.1. The van der Waals surface area contributed by atoms with E-state index >= 15 is 0 Å². The Morgan fingerprint density at radius 1 is 1.22 bits per heavy atom. The minimum atomic E-state index is -0.604. The van der Waals surface area contributed by atoms with Gasteiger partial charge in [0.05, 0.1) is 29.3 Å². The van der Waals surface area contributed by atoms with Gasteiger partial charge in [-0.2, -0.15) is 0 Å². The number of nitrogens with one attached hydrogen (secondary N) is 1. The summed E-state index contributed by atoms with van der Waals surface area (Å²) in [5.74, 6) is 0.631. The van der Waals surface area contributed by atoms with Gasteiger partial charge >= 0.3 is 6.09 Å². The summed E-state index contributed by atoms with van der Waals surface area (Å²) in [6.07, 6.45) is 3.63. The topological polar surface area (TPSA) is 69.7 Å². The van der Waals surface area contributed by atoms with Crippen molar-refractivity contribution in [2.75, 3.05) is 13.2 Å². The monoisotopic (exact) mass is 480 g/mol. The van der Waals surface area contributed by atoms with Crippen LogP contribution in [0.5, 0.6) is 5.88 Å². The third-order valence-corrected chi connectivity index (χ3v) is 5.75. The molecule has 1 unspecified atom stereocenters. The number of carbonyl (C=O) groups is 1. The van der Waals surface area contributed by atoms with Gasteiger partial charge in [0.25, 0.3) is 0 Å². The molecule has 1 N–H and O–H groups in total. The first-order valence-electron chi connectivity index (χ1n) is 10.7. The third kappa shape index (κ3) is 7.26. The Labute approximate surface area is 199 Å². The van der Waals surface area contributed by atoms with E-state index in [2.05, 4.69) is 10.3 Å². The van der Waals surface area contributed by atoms with Crippen molar-refractivity contribution in [3.8, 4) is 5.88 Å². The highest BCUT2D eigenvalue weighted by Crippen LogP contribution is 2.29. The molecule has 1 aliphatic rings. The van der Waals surface area contributed by atoms with E-state index in [1.807, 2.05) is 39.8 Å². The summed E-state index contributed by atoms with van der Waals surface area (Å²) in [5.41, 5.74) is 2.12. The van der Waals surface area contributed by atoms with Gasteiger partial charge < -0.3 is 19.5 Å². The van der Waals surface area contributed by atoms with Crippen molar-refractivity contribution in [1.29, 1.82) is 0 Å². The number of aromatic nitrogens is 1. The minimum absolute atomic E-state index is 0.124. The Kier molecular flexibility index (Phi) is 8.26. The molecule has 174 valence electrons. The van der Waals surface area contributed by atoms with Crippen LogP contribution >= 0.6 is 23.2 Å². The number of carbonyl (C=O) groups excluding carboxylic acids is 1. The fourth-order valence-corrected chi connectivity index (χ4v) is 3.78. The zero-order valence-electron chi connectivity index (χ0n) is 18.9. The number of hydrogen-bond acceptors (Lipinski definition) is 5. The van der Waals surface area contributed by atoms with E-state index in [4.69, 9.17) is 37.4 Å². The Bertz CT molecular complexity index is 940. The summed E-state index contributed by atoms with van der Waals surface area (Å²) in [4.78, 5) is 17.0. The standard InChI is InChI=1S/C24H30Cl2N2O4/c1-15-11-16(14-27-22(15)31-18-7-9-30-10-8-18)12-21(28-23(29)32-24(2,3)4)17-5-6-19(25)20(26)13-17/h5-6,11,13-14,18,21H,7-10,12H2,1-4H3,(H,28,29). The van der Waals surface area contributed by atoms with Crippen molar-refractivity contribution in [1.82, 2.24) is 10.3 Å². The van der Waals surface area contributed by atoms with Crippen LogP contribution in [0.2, 0.25) is 10.0 Å². The van der Waals surface area contributed by atoms with Crippen molar-refractivity contribution in [2.24, 2.45) is 0 Å². The zero-order chi connectivity index (χ0) is 23.3. The first kappa shape index (κ1) is 24.6. The molecule has 1 aromatic heterocycles. The predicted octanol–water partition coefficient (Wildman–Crippen LogP) is 6.06. The highest BCUT2D eigenvalue weighted by Gasteiger charge is 2.22. The van der Waals surface area contributed by atoms with E-state index in [0.717, 1.165) is 29.5 Å². The molecule has 0 saturated carbocycles. The number of benzene rings is 1. The summed E-state index contributed by atoms with van der Waals surface area (Å²) in [6.45, 7) is 8.87. The molecule has 1 aromatic carbocycles. The molecule has 1 aliphatic heterocycles. The van der Waals surface area contributed by atoms with Crippen molar-refractivity contribution < 1.29 is 19.0 Å². The van der Waals surface area contributed by atoms with E-state index in [-0.39, 0.29) is 12.1 Å².